The number of amidine groups is 2. The minimum Gasteiger partial charge on any atom is -0.393 e. The van der Waals surface area contributed by atoms with E-state index in [0.717, 1.165) is 82.4 Å². The van der Waals surface area contributed by atoms with Crippen LogP contribution in [0.15, 0.2) is 9.98 Å². The molecule has 0 aromatic rings. The van der Waals surface area contributed by atoms with Gasteiger partial charge >= 0.3 is 0 Å². The summed E-state index contributed by atoms with van der Waals surface area (Å²) < 4.78 is 0. The maximum absolute atomic E-state index is 9.65. The third kappa shape index (κ3) is 11.7. The third-order valence-corrected chi connectivity index (χ3v) is 5.38. The van der Waals surface area contributed by atoms with E-state index >= 15 is 0 Å². The quantitative estimate of drug-likeness (QED) is 0.331. The van der Waals surface area contributed by atoms with Crippen LogP contribution >= 0.6 is 0 Å². The summed E-state index contributed by atoms with van der Waals surface area (Å²) in [7, 11) is 0. The molecule has 4 unspecified atom stereocenters. The Morgan fingerprint density at radius 3 is 2.00 bits per heavy atom. The number of unbranched alkanes of at least 4 members (excludes halogenated alkanes) is 2. The average molecular weight is 412 g/mol. The Bertz CT molecular complexity index is 490. The van der Waals surface area contributed by atoms with Crippen molar-refractivity contribution in [3.63, 3.8) is 0 Å². The zero-order valence-electron chi connectivity index (χ0n) is 19.2. The van der Waals surface area contributed by atoms with Gasteiger partial charge in [-0.2, -0.15) is 0 Å². The highest BCUT2D eigenvalue weighted by atomic mass is 16.3. The molecule has 0 aromatic carbocycles. The lowest BCUT2D eigenvalue weighted by molar-refractivity contribution is 0.172. The summed E-state index contributed by atoms with van der Waals surface area (Å²) in [5.41, 5.74) is 0. The molecule has 6 nitrogen and oxygen atoms in total. The van der Waals surface area contributed by atoms with Crippen LogP contribution in [0.3, 0.4) is 0 Å². The van der Waals surface area contributed by atoms with Gasteiger partial charge in [0.1, 0.15) is 17.8 Å². The molecular formula is C23H45N3O3. The summed E-state index contributed by atoms with van der Waals surface area (Å²) in [6.45, 7) is 8.57. The molecule has 0 radical (unpaired) electrons. The van der Waals surface area contributed by atoms with E-state index in [4.69, 9.17) is 9.98 Å². The molecule has 0 amide bonds. The van der Waals surface area contributed by atoms with Crippen LogP contribution in [0.25, 0.3) is 0 Å². The molecule has 1 aliphatic heterocycles. The Hall–Kier alpha value is -0.980. The predicted molar refractivity (Wildman–Crippen MR) is 121 cm³/mol. The number of aliphatic hydroxyl groups is 3. The second kappa shape index (κ2) is 14.9. The molecule has 0 bridgehead atoms. The zero-order chi connectivity index (χ0) is 21.6. The highest BCUT2D eigenvalue weighted by Crippen LogP contribution is 2.22. The first kappa shape index (κ1) is 26.1. The predicted octanol–water partition coefficient (Wildman–Crippen LogP) is 4.27. The van der Waals surface area contributed by atoms with E-state index in [9.17, 15) is 15.3 Å². The minimum atomic E-state index is -0.289. The molecular weight excluding hydrogens is 366 g/mol. The fourth-order valence-corrected chi connectivity index (χ4v) is 3.72. The molecule has 0 spiro atoms. The Morgan fingerprint density at radius 2 is 1.41 bits per heavy atom. The molecule has 0 saturated carbocycles. The van der Waals surface area contributed by atoms with Crippen molar-refractivity contribution in [3.05, 3.63) is 0 Å². The van der Waals surface area contributed by atoms with Crippen molar-refractivity contribution < 1.29 is 15.3 Å². The van der Waals surface area contributed by atoms with Gasteiger partial charge in [-0.1, -0.05) is 19.8 Å². The second-order valence-corrected chi connectivity index (χ2v) is 8.72. The first-order valence-corrected chi connectivity index (χ1v) is 11.8. The number of rotatable bonds is 16. The standard InChI is InChI=1S/C23H45N3O3/c1-5-6-7-15-22-24-21(14-8-11-18(2)27)25-23(16-9-12-19(3)28)26(22)17-10-13-20(4)29/h18-20,22,27-29H,5-17H2,1-4H3. The molecule has 0 aliphatic carbocycles. The SMILES string of the molecule is CCCCCC1N=C(CCCC(C)O)N=C(CCCC(C)O)N1CCCC(C)O. The summed E-state index contributed by atoms with van der Waals surface area (Å²) in [6, 6.07) is 0. The topological polar surface area (TPSA) is 88.7 Å². The average Bonchev–Trinajstić information content (AvgIpc) is 2.63. The van der Waals surface area contributed by atoms with E-state index in [0.29, 0.717) is 0 Å². The van der Waals surface area contributed by atoms with Gasteiger partial charge in [-0.15, -0.1) is 0 Å². The van der Waals surface area contributed by atoms with Gasteiger partial charge < -0.3 is 20.2 Å². The van der Waals surface area contributed by atoms with Crippen LogP contribution in [0.5, 0.6) is 0 Å². The Labute approximate surface area is 178 Å². The van der Waals surface area contributed by atoms with Crippen molar-refractivity contribution in [1.29, 1.82) is 0 Å². The lowest BCUT2D eigenvalue weighted by Gasteiger charge is -2.36. The Morgan fingerprint density at radius 1 is 0.828 bits per heavy atom. The van der Waals surface area contributed by atoms with E-state index < -0.39 is 0 Å². The van der Waals surface area contributed by atoms with Gasteiger partial charge in [0.05, 0.1) is 18.3 Å². The van der Waals surface area contributed by atoms with Crippen molar-refractivity contribution in [1.82, 2.24) is 4.90 Å². The van der Waals surface area contributed by atoms with Crippen molar-refractivity contribution in [2.75, 3.05) is 6.54 Å². The van der Waals surface area contributed by atoms with Crippen LogP contribution in [0, 0.1) is 0 Å². The van der Waals surface area contributed by atoms with Crippen molar-refractivity contribution in [2.45, 2.75) is 129 Å². The third-order valence-electron chi connectivity index (χ3n) is 5.38. The van der Waals surface area contributed by atoms with E-state index in [1.165, 1.54) is 12.8 Å². The van der Waals surface area contributed by atoms with Crippen LogP contribution in [0.4, 0.5) is 0 Å². The van der Waals surface area contributed by atoms with E-state index in [1.807, 2.05) is 20.8 Å². The van der Waals surface area contributed by atoms with E-state index in [-0.39, 0.29) is 24.5 Å². The summed E-state index contributed by atoms with van der Waals surface area (Å²) >= 11 is 0. The zero-order valence-corrected chi connectivity index (χ0v) is 19.2. The number of nitrogens with zero attached hydrogens (tertiary/aromatic N) is 3. The molecule has 3 N–H and O–H groups in total. The van der Waals surface area contributed by atoms with E-state index in [2.05, 4.69) is 11.8 Å². The van der Waals surface area contributed by atoms with Crippen LogP contribution in [-0.4, -0.2) is 62.9 Å². The number of hydrogen-bond donors (Lipinski definition) is 3. The van der Waals surface area contributed by atoms with Crippen molar-refractivity contribution in [3.8, 4) is 0 Å². The summed E-state index contributed by atoms with van der Waals surface area (Å²) in [4.78, 5) is 12.2. The van der Waals surface area contributed by atoms with E-state index in [1.54, 1.807) is 0 Å². The smallest absolute Gasteiger partial charge is 0.127 e. The molecule has 0 aromatic heterocycles. The molecule has 6 heteroatoms. The summed E-state index contributed by atoms with van der Waals surface area (Å²) in [5.74, 6) is 1.99. The Balaban J connectivity index is 2.89. The maximum atomic E-state index is 9.65. The molecule has 0 saturated heterocycles. The minimum absolute atomic E-state index is 0.121. The normalized spacial score (nSPS) is 20.2. The van der Waals surface area contributed by atoms with Crippen LogP contribution in [-0.2, 0) is 0 Å². The van der Waals surface area contributed by atoms with Gasteiger partial charge in [0, 0.05) is 19.4 Å². The van der Waals surface area contributed by atoms with Gasteiger partial charge in [0.25, 0.3) is 0 Å². The van der Waals surface area contributed by atoms with Crippen molar-refractivity contribution >= 4 is 11.7 Å². The van der Waals surface area contributed by atoms with Gasteiger partial charge in [0.15, 0.2) is 0 Å². The van der Waals surface area contributed by atoms with Gasteiger partial charge in [-0.25, -0.2) is 9.98 Å². The summed E-state index contributed by atoms with van der Waals surface area (Å²) in [5, 5.41) is 28.8. The van der Waals surface area contributed by atoms with Gasteiger partial charge in [-0.3, -0.25) is 0 Å². The largest absolute Gasteiger partial charge is 0.393 e. The Kier molecular flexibility index (Phi) is 13.4. The van der Waals surface area contributed by atoms with Crippen LogP contribution < -0.4 is 0 Å². The molecule has 1 rings (SSSR count). The van der Waals surface area contributed by atoms with Crippen LogP contribution in [0.1, 0.15) is 105 Å². The van der Waals surface area contributed by atoms with Gasteiger partial charge in [-0.05, 0) is 72.1 Å². The highest BCUT2D eigenvalue weighted by molar-refractivity contribution is 5.98. The fraction of sp³-hybridized carbons (Fsp3) is 0.913. The molecule has 1 aliphatic rings. The highest BCUT2D eigenvalue weighted by Gasteiger charge is 2.25. The van der Waals surface area contributed by atoms with Crippen LogP contribution in [0.2, 0.25) is 0 Å². The molecule has 1 heterocycles. The molecule has 29 heavy (non-hydrogen) atoms. The fourth-order valence-electron chi connectivity index (χ4n) is 3.72. The molecule has 170 valence electrons. The first-order chi connectivity index (χ1) is 13.8. The summed E-state index contributed by atoms with van der Waals surface area (Å²) in [6.07, 6.45) is 10.5. The number of hydrogen-bond acceptors (Lipinski definition) is 6. The maximum Gasteiger partial charge on any atom is 0.127 e. The van der Waals surface area contributed by atoms with Crippen molar-refractivity contribution in [2.24, 2.45) is 9.98 Å². The lowest BCUT2D eigenvalue weighted by atomic mass is 10.1. The number of aliphatic hydroxyl groups excluding tert-OH is 3. The lowest BCUT2D eigenvalue weighted by Crippen LogP contribution is -2.43. The monoisotopic (exact) mass is 411 g/mol. The molecule has 4 atom stereocenters. The van der Waals surface area contributed by atoms with Gasteiger partial charge in [0.2, 0.25) is 0 Å². The second-order valence-electron chi connectivity index (χ2n) is 8.72. The number of aliphatic imine (C=N–C) groups is 2. The first-order valence-electron chi connectivity index (χ1n) is 11.8. The molecule has 0 fully saturated rings.